The zero-order chi connectivity index (χ0) is 8.97. The van der Waals surface area contributed by atoms with Gasteiger partial charge in [0.1, 0.15) is 6.10 Å². The number of hydrogen-bond acceptors (Lipinski definition) is 3. The zero-order valence-electron chi connectivity index (χ0n) is 7.74. The summed E-state index contributed by atoms with van der Waals surface area (Å²) in [5.74, 6) is 0.761. The van der Waals surface area contributed by atoms with Crippen LogP contribution in [-0.2, 0) is 11.2 Å². The molecule has 0 saturated carbocycles. The lowest BCUT2D eigenvalue weighted by Crippen LogP contribution is -2.04. The number of aromatic nitrogens is 2. The van der Waals surface area contributed by atoms with Gasteiger partial charge in [0, 0.05) is 19.0 Å². The summed E-state index contributed by atoms with van der Waals surface area (Å²) in [7, 11) is 1.66. The molecule has 1 aromatic heterocycles. The third-order valence-electron chi connectivity index (χ3n) is 1.81. The van der Waals surface area contributed by atoms with Crippen LogP contribution in [-0.4, -0.2) is 17.1 Å². The normalized spacial score (nSPS) is 12.9. The maximum absolute atomic E-state index is 5.11. The second-order valence-electron chi connectivity index (χ2n) is 2.64. The highest BCUT2D eigenvalue weighted by molar-refractivity contribution is 5.03. The van der Waals surface area contributed by atoms with Crippen molar-refractivity contribution < 1.29 is 4.74 Å². The number of aryl methyl sites for hydroxylation is 1. The van der Waals surface area contributed by atoms with Crippen LogP contribution >= 0.6 is 0 Å². The molecule has 3 heteroatoms. The molecule has 3 nitrogen and oxygen atoms in total. The molecule has 0 spiro atoms. The van der Waals surface area contributed by atoms with Gasteiger partial charge in [0.15, 0.2) is 5.82 Å². The van der Waals surface area contributed by atoms with Gasteiger partial charge in [-0.05, 0) is 19.4 Å². The first-order chi connectivity index (χ1) is 5.77. The molecule has 0 amide bonds. The van der Waals surface area contributed by atoms with Crippen molar-refractivity contribution >= 4 is 0 Å². The van der Waals surface area contributed by atoms with E-state index in [1.54, 1.807) is 13.3 Å². The maximum Gasteiger partial charge on any atom is 0.156 e. The van der Waals surface area contributed by atoms with Gasteiger partial charge in [-0.25, -0.2) is 9.97 Å². The second-order valence-corrected chi connectivity index (χ2v) is 2.64. The van der Waals surface area contributed by atoms with E-state index in [1.165, 1.54) is 0 Å². The quantitative estimate of drug-likeness (QED) is 0.686. The molecular weight excluding hydrogens is 152 g/mol. The molecule has 0 N–H and O–H groups in total. The van der Waals surface area contributed by atoms with Gasteiger partial charge in [-0.15, -0.1) is 0 Å². The van der Waals surface area contributed by atoms with Gasteiger partial charge in [0.05, 0.1) is 0 Å². The smallest absolute Gasteiger partial charge is 0.156 e. The van der Waals surface area contributed by atoms with Gasteiger partial charge < -0.3 is 4.74 Å². The molecule has 0 saturated heterocycles. The molecule has 0 bridgehead atoms. The first-order valence-corrected chi connectivity index (χ1v) is 4.12. The Kier molecular flexibility index (Phi) is 3.17. The summed E-state index contributed by atoms with van der Waals surface area (Å²) < 4.78 is 5.11. The predicted octanol–water partition coefficient (Wildman–Crippen LogP) is 1.75. The Bertz CT molecular complexity index is 250. The molecule has 1 rings (SSSR count). The van der Waals surface area contributed by atoms with Crippen molar-refractivity contribution in [3.63, 3.8) is 0 Å². The zero-order valence-corrected chi connectivity index (χ0v) is 7.74. The lowest BCUT2D eigenvalue weighted by Gasteiger charge is -2.07. The first kappa shape index (κ1) is 9.13. The van der Waals surface area contributed by atoms with Crippen LogP contribution in [0.25, 0.3) is 0 Å². The van der Waals surface area contributed by atoms with Crippen molar-refractivity contribution in [2.24, 2.45) is 0 Å². The Morgan fingerprint density at radius 3 is 2.92 bits per heavy atom. The maximum atomic E-state index is 5.11. The average Bonchev–Trinajstić information content (AvgIpc) is 2.17. The standard InChI is InChI=1S/C9H14N2O/c1-4-8-5-6-10-9(11-8)7(2)12-3/h5-7H,4H2,1-3H3. The third-order valence-corrected chi connectivity index (χ3v) is 1.81. The topological polar surface area (TPSA) is 35.0 Å². The number of nitrogens with zero attached hydrogens (tertiary/aromatic N) is 2. The first-order valence-electron chi connectivity index (χ1n) is 4.12. The molecule has 0 aliphatic heterocycles. The molecule has 1 atom stereocenters. The predicted molar refractivity (Wildman–Crippen MR) is 46.8 cm³/mol. The fourth-order valence-corrected chi connectivity index (χ4v) is 0.911. The van der Waals surface area contributed by atoms with E-state index in [9.17, 15) is 0 Å². The van der Waals surface area contributed by atoms with Gasteiger partial charge in [-0.2, -0.15) is 0 Å². The Labute approximate surface area is 72.8 Å². The van der Waals surface area contributed by atoms with Crippen LogP contribution in [0.15, 0.2) is 12.3 Å². The van der Waals surface area contributed by atoms with E-state index in [2.05, 4.69) is 16.9 Å². The van der Waals surface area contributed by atoms with E-state index < -0.39 is 0 Å². The summed E-state index contributed by atoms with van der Waals surface area (Å²) in [5.41, 5.74) is 1.06. The minimum atomic E-state index is -0.0171. The van der Waals surface area contributed by atoms with Gasteiger partial charge in [0.25, 0.3) is 0 Å². The minimum absolute atomic E-state index is 0.0171. The van der Waals surface area contributed by atoms with Crippen LogP contribution in [0, 0.1) is 0 Å². The van der Waals surface area contributed by atoms with Crippen LogP contribution in [0.5, 0.6) is 0 Å². The lowest BCUT2D eigenvalue weighted by molar-refractivity contribution is 0.112. The van der Waals surface area contributed by atoms with E-state index in [0.717, 1.165) is 17.9 Å². The van der Waals surface area contributed by atoms with Crippen LogP contribution in [0.2, 0.25) is 0 Å². The number of methoxy groups -OCH3 is 1. The fourth-order valence-electron chi connectivity index (χ4n) is 0.911. The monoisotopic (exact) mass is 166 g/mol. The van der Waals surface area contributed by atoms with Crippen molar-refractivity contribution in [1.29, 1.82) is 0 Å². The summed E-state index contributed by atoms with van der Waals surface area (Å²) in [4.78, 5) is 8.45. The van der Waals surface area contributed by atoms with Crippen LogP contribution in [0.3, 0.4) is 0 Å². The van der Waals surface area contributed by atoms with Gasteiger partial charge >= 0.3 is 0 Å². The molecule has 0 fully saturated rings. The van der Waals surface area contributed by atoms with Gasteiger partial charge in [-0.1, -0.05) is 6.92 Å². The SMILES string of the molecule is CCc1ccnc(C(C)OC)n1. The van der Waals surface area contributed by atoms with E-state index >= 15 is 0 Å². The second kappa shape index (κ2) is 4.16. The molecule has 66 valence electrons. The van der Waals surface area contributed by atoms with Gasteiger partial charge in [-0.3, -0.25) is 0 Å². The number of ether oxygens (including phenoxy) is 1. The van der Waals surface area contributed by atoms with Gasteiger partial charge in [0.2, 0.25) is 0 Å². The highest BCUT2D eigenvalue weighted by Crippen LogP contribution is 2.09. The molecule has 0 aromatic carbocycles. The van der Waals surface area contributed by atoms with Crippen molar-refractivity contribution in [1.82, 2.24) is 9.97 Å². The molecule has 1 unspecified atom stereocenters. The van der Waals surface area contributed by atoms with Crippen molar-refractivity contribution in [2.45, 2.75) is 26.4 Å². The average molecular weight is 166 g/mol. The third kappa shape index (κ3) is 2.01. The number of hydrogen-bond donors (Lipinski definition) is 0. The highest BCUT2D eigenvalue weighted by atomic mass is 16.5. The van der Waals surface area contributed by atoms with Crippen LogP contribution < -0.4 is 0 Å². The molecule has 0 aliphatic rings. The van der Waals surface area contributed by atoms with Crippen molar-refractivity contribution in [3.8, 4) is 0 Å². The van der Waals surface area contributed by atoms with E-state index in [4.69, 9.17) is 4.74 Å². The Hall–Kier alpha value is -0.960. The summed E-state index contributed by atoms with van der Waals surface area (Å²) in [6, 6.07) is 1.92. The van der Waals surface area contributed by atoms with Crippen molar-refractivity contribution in [3.05, 3.63) is 23.8 Å². The molecule has 12 heavy (non-hydrogen) atoms. The van der Waals surface area contributed by atoms with Crippen LogP contribution in [0.4, 0.5) is 0 Å². The Morgan fingerprint density at radius 2 is 2.33 bits per heavy atom. The van der Waals surface area contributed by atoms with E-state index in [0.29, 0.717) is 0 Å². The van der Waals surface area contributed by atoms with E-state index in [1.807, 2.05) is 13.0 Å². The van der Waals surface area contributed by atoms with E-state index in [-0.39, 0.29) is 6.10 Å². The highest BCUT2D eigenvalue weighted by Gasteiger charge is 2.06. The van der Waals surface area contributed by atoms with Crippen molar-refractivity contribution in [2.75, 3.05) is 7.11 Å². The minimum Gasteiger partial charge on any atom is -0.374 e. The number of rotatable bonds is 3. The summed E-state index contributed by atoms with van der Waals surface area (Å²) in [6.07, 6.45) is 2.69. The summed E-state index contributed by atoms with van der Waals surface area (Å²) in [6.45, 7) is 4.01. The molecule has 1 heterocycles. The lowest BCUT2D eigenvalue weighted by atomic mass is 10.3. The molecular formula is C9H14N2O. The molecule has 1 aromatic rings. The Balaban J connectivity index is 2.86. The Morgan fingerprint density at radius 1 is 1.58 bits per heavy atom. The largest absolute Gasteiger partial charge is 0.374 e. The summed E-state index contributed by atoms with van der Waals surface area (Å²) in [5, 5.41) is 0. The molecule has 0 aliphatic carbocycles. The fraction of sp³-hybridized carbons (Fsp3) is 0.556. The summed E-state index contributed by atoms with van der Waals surface area (Å²) >= 11 is 0. The molecule has 0 radical (unpaired) electrons. The van der Waals surface area contributed by atoms with Crippen LogP contribution in [0.1, 0.15) is 31.5 Å².